The van der Waals surface area contributed by atoms with E-state index in [1.54, 1.807) is 4.90 Å². The van der Waals surface area contributed by atoms with E-state index in [0.29, 0.717) is 18.8 Å². The van der Waals surface area contributed by atoms with Crippen molar-refractivity contribution >= 4 is 17.3 Å². The number of hydrogen-bond acceptors (Lipinski definition) is 3. The van der Waals surface area contributed by atoms with Crippen LogP contribution in [0.3, 0.4) is 0 Å². The summed E-state index contributed by atoms with van der Waals surface area (Å²) >= 11 is 0. The van der Waals surface area contributed by atoms with Crippen LogP contribution in [0.4, 0.5) is 11.4 Å². The number of ether oxygens (including phenoxy) is 1. The number of anilines is 2. The quantitative estimate of drug-likeness (QED) is 0.848. The van der Waals surface area contributed by atoms with Crippen molar-refractivity contribution in [1.29, 1.82) is 0 Å². The summed E-state index contributed by atoms with van der Waals surface area (Å²) in [6.07, 6.45) is 1.54. The minimum absolute atomic E-state index is 0.0532. The van der Waals surface area contributed by atoms with E-state index in [1.165, 1.54) is 0 Å². The summed E-state index contributed by atoms with van der Waals surface area (Å²) in [7, 11) is 0. The molecule has 1 aromatic rings. The molecule has 4 heteroatoms. The predicted octanol–water partition coefficient (Wildman–Crippen LogP) is 2.44. The molecule has 0 bridgehead atoms. The monoisotopic (exact) mass is 262 g/mol. The summed E-state index contributed by atoms with van der Waals surface area (Å²) in [5, 5.41) is 0. The number of rotatable bonds is 4. The molecule has 2 N–H and O–H groups in total. The average Bonchev–Trinajstić information content (AvgIpc) is 2.81. The van der Waals surface area contributed by atoms with Crippen LogP contribution < -0.4 is 10.6 Å². The third-order valence-corrected chi connectivity index (χ3v) is 3.53. The molecule has 1 aromatic carbocycles. The zero-order valence-corrected chi connectivity index (χ0v) is 11.6. The van der Waals surface area contributed by atoms with Crippen LogP contribution in [0.5, 0.6) is 0 Å². The van der Waals surface area contributed by atoms with E-state index in [0.717, 1.165) is 18.5 Å². The topological polar surface area (TPSA) is 55.6 Å². The molecule has 0 spiro atoms. The summed E-state index contributed by atoms with van der Waals surface area (Å²) in [6.45, 7) is 5.49. The fourth-order valence-corrected chi connectivity index (χ4v) is 2.45. The highest BCUT2D eigenvalue weighted by atomic mass is 16.5. The number of nitrogens with two attached hydrogens (primary N) is 1. The molecule has 0 aromatic heterocycles. The lowest BCUT2D eigenvalue weighted by Crippen LogP contribution is -2.41. The van der Waals surface area contributed by atoms with Crippen molar-refractivity contribution in [3.05, 3.63) is 24.3 Å². The van der Waals surface area contributed by atoms with Gasteiger partial charge in [-0.05, 0) is 37.0 Å². The second-order valence-corrected chi connectivity index (χ2v) is 5.14. The van der Waals surface area contributed by atoms with Crippen molar-refractivity contribution in [2.24, 2.45) is 5.92 Å². The van der Waals surface area contributed by atoms with Gasteiger partial charge in [0.15, 0.2) is 0 Å². The Balaban J connectivity index is 2.22. The Kier molecular flexibility index (Phi) is 4.43. The van der Waals surface area contributed by atoms with Crippen LogP contribution >= 0.6 is 0 Å². The Morgan fingerprint density at radius 2 is 2.32 bits per heavy atom. The van der Waals surface area contributed by atoms with Gasteiger partial charge in [-0.15, -0.1) is 0 Å². The van der Waals surface area contributed by atoms with Gasteiger partial charge in [-0.25, -0.2) is 0 Å². The molecule has 0 radical (unpaired) electrons. The minimum atomic E-state index is -0.312. The van der Waals surface area contributed by atoms with Crippen LogP contribution in [-0.4, -0.2) is 25.2 Å². The van der Waals surface area contributed by atoms with Crippen molar-refractivity contribution in [3.8, 4) is 0 Å². The number of carbonyl (C=O) groups is 1. The second kappa shape index (κ2) is 6.06. The number of carbonyl (C=O) groups excluding carboxylic acids is 1. The molecule has 2 rings (SSSR count). The van der Waals surface area contributed by atoms with Gasteiger partial charge in [0.1, 0.15) is 6.10 Å². The van der Waals surface area contributed by atoms with Gasteiger partial charge in [-0.2, -0.15) is 0 Å². The lowest BCUT2D eigenvalue weighted by atomic mass is 10.0. The van der Waals surface area contributed by atoms with E-state index in [9.17, 15) is 4.79 Å². The molecule has 104 valence electrons. The summed E-state index contributed by atoms with van der Waals surface area (Å²) < 4.78 is 5.58. The smallest absolute Gasteiger partial charge is 0.256 e. The number of hydrogen-bond donors (Lipinski definition) is 1. The SMILES string of the molecule is CCCN(C(=O)C1OCCC1C)c1cccc(N)c1. The molecule has 1 amide bonds. The third-order valence-electron chi connectivity index (χ3n) is 3.53. The van der Waals surface area contributed by atoms with Crippen LogP contribution in [0, 0.1) is 5.92 Å². The fraction of sp³-hybridized carbons (Fsp3) is 0.533. The van der Waals surface area contributed by atoms with E-state index in [4.69, 9.17) is 10.5 Å². The molecule has 2 unspecified atom stereocenters. The average molecular weight is 262 g/mol. The second-order valence-electron chi connectivity index (χ2n) is 5.14. The number of amides is 1. The first-order valence-electron chi connectivity index (χ1n) is 6.92. The lowest BCUT2D eigenvalue weighted by Gasteiger charge is -2.26. The maximum absolute atomic E-state index is 12.6. The molecule has 2 atom stereocenters. The van der Waals surface area contributed by atoms with E-state index >= 15 is 0 Å². The molecule has 0 saturated carbocycles. The van der Waals surface area contributed by atoms with Gasteiger partial charge in [0.05, 0.1) is 0 Å². The van der Waals surface area contributed by atoms with Crippen LogP contribution in [0.15, 0.2) is 24.3 Å². The molecule has 1 aliphatic rings. The Bertz CT molecular complexity index is 448. The molecule has 19 heavy (non-hydrogen) atoms. The highest BCUT2D eigenvalue weighted by Gasteiger charge is 2.34. The molecule has 1 aliphatic heterocycles. The number of nitrogens with zero attached hydrogens (tertiary/aromatic N) is 1. The fourth-order valence-electron chi connectivity index (χ4n) is 2.45. The molecule has 0 aliphatic carbocycles. The predicted molar refractivity (Wildman–Crippen MR) is 77.0 cm³/mol. The van der Waals surface area contributed by atoms with Gasteiger partial charge >= 0.3 is 0 Å². The van der Waals surface area contributed by atoms with Gasteiger partial charge in [0.25, 0.3) is 5.91 Å². The van der Waals surface area contributed by atoms with Gasteiger partial charge < -0.3 is 15.4 Å². The number of nitrogen functional groups attached to an aromatic ring is 1. The first kappa shape index (κ1) is 13.9. The first-order valence-corrected chi connectivity index (χ1v) is 6.92. The summed E-state index contributed by atoms with van der Waals surface area (Å²) in [4.78, 5) is 14.4. The van der Waals surface area contributed by atoms with Crippen LogP contribution in [-0.2, 0) is 9.53 Å². The van der Waals surface area contributed by atoms with Crippen molar-refractivity contribution in [2.45, 2.75) is 32.8 Å². The first-order chi connectivity index (χ1) is 9.13. The molecular formula is C15H22N2O2. The van der Waals surface area contributed by atoms with Gasteiger partial charge in [0, 0.05) is 24.5 Å². The van der Waals surface area contributed by atoms with Crippen molar-refractivity contribution < 1.29 is 9.53 Å². The maximum atomic E-state index is 12.6. The third kappa shape index (κ3) is 3.07. The van der Waals surface area contributed by atoms with Crippen LogP contribution in [0.1, 0.15) is 26.7 Å². The summed E-state index contributed by atoms with van der Waals surface area (Å²) in [5.74, 6) is 0.338. The van der Waals surface area contributed by atoms with Crippen LogP contribution in [0.2, 0.25) is 0 Å². The normalized spacial score (nSPS) is 22.4. The highest BCUT2D eigenvalue weighted by molar-refractivity contribution is 5.97. The number of benzene rings is 1. The van der Waals surface area contributed by atoms with E-state index in [-0.39, 0.29) is 17.9 Å². The van der Waals surface area contributed by atoms with Crippen molar-refractivity contribution in [2.75, 3.05) is 23.8 Å². The zero-order chi connectivity index (χ0) is 13.8. The van der Waals surface area contributed by atoms with E-state index in [1.807, 2.05) is 24.3 Å². The zero-order valence-electron chi connectivity index (χ0n) is 11.6. The standard InChI is InChI=1S/C15H22N2O2/c1-3-8-17(13-6-4-5-12(16)10-13)15(18)14-11(2)7-9-19-14/h4-6,10-11,14H,3,7-9,16H2,1-2H3. The Labute approximate surface area is 114 Å². The Morgan fingerprint density at radius 3 is 2.89 bits per heavy atom. The Morgan fingerprint density at radius 1 is 1.53 bits per heavy atom. The molecule has 1 saturated heterocycles. The molecular weight excluding hydrogens is 240 g/mol. The minimum Gasteiger partial charge on any atom is -0.399 e. The van der Waals surface area contributed by atoms with Gasteiger partial charge in [-0.3, -0.25) is 4.79 Å². The van der Waals surface area contributed by atoms with Gasteiger partial charge in [0.2, 0.25) is 0 Å². The maximum Gasteiger partial charge on any atom is 0.256 e. The molecule has 4 nitrogen and oxygen atoms in total. The molecule has 1 fully saturated rings. The summed E-state index contributed by atoms with van der Waals surface area (Å²) in [5.41, 5.74) is 7.33. The van der Waals surface area contributed by atoms with Crippen molar-refractivity contribution in [1.82, 2.24) is 0 Å². The summed E-state index contributed by atoms with van der Waals surface area (Å²) in [6, 6.07) is 7.46. The highest BCUT2D eigenvalue weighted by Crippen LogP contribution is 2.25. The van der Waals surface area contributed by atoms with E-state index < -0.39 is 0 Å². The Hall–Kier alpha value is -1.55. The lowest BCUT2D eigenvalue weighted by molar-refractivity contribution is -0.128. The van der Waals surface area contributed by atoms with Crippen molar-refractivity contribution in [3.63, 3.8) is 0 Å². The van der Waals surface area contributed by atoms with Crippen LogP contribution in [0.25, 0.3) is 0 Å². The van der Waals surface area contributed by atoms with Gasteiger partial charge in [-0.1, -0.05) is 19.9 Å². The van der Waals surface area contributed by atoms with E-state index in [2.05, 4.69) is 13.8 Å². The molecule has 1 heterocycles. The largest absolute Gasteiger partial charge is 0.399 e.